The Kier molecular flexibility index (Phi) is 7.43. The second-order valence-electron chi connectivity index (χ2n) is 5.55. The molecule has 0 heterocycles. The third-order valence-corrected chi connectivity index (χ3v) is 4.13. The Morgan fingerprint density at radius 2 is 1.90 bits per heavy atom. The highest BCUT2D eigenvalue weighted by Gasteiger charge is 2.33. The highest BCUT2D eigenvalue weighted by Crippen LogP contribution is 2.37. The Morgan fingerprint density at radius 3 is 2.48 bits per heavy atom. The van der Waals surface area contributed by atoms with Gasteiger partial charge in [-0.15, -0.1) is 0 Å². The molecule has 0 aliphatic carbocycles. The molecular formula is C18H17BrF3N3O4. The van der Waals surface area contributed by atoms with Crippen LogP contribution in [0.2, 0.25) is 0 Å². The summed E-state index contributed by atoms with van der Waals surface area (Å²) in [5.74, 6) is 1.00. The van der Waals surface area contributed by atoms with Crippen molar-refractivity contribution in [2.24, 2.45) is 5.10 Å². The van der Waals surface area contributed by atoms with E-state index in [-0.39, 0.29) is 5.69 Å². The molecule has 0 saturated heterocycles. The molecule has 156 valence electrons. The van der Waals surface area contributed by atoms with E-state index in [0.717, 1.165) is 12.1 Å². The second-order valence-corrected chi connectivity index (χ2v) is 6.41. The maximum Gasteiger partial charge on any atom is 0.416 e. The van der Waals surface area contributed by atoms with Crippen molar-refractivity contribution >= 4 is 33.5 Å². The van der Waals surface area contributed by atoms with Crippen LogP contribution in [0.4, 0.5) is 24.5 Å². The molecular weight excluding hydrogens is 459 g/mol. The van der Waals surface area contributed by atoms with Crippen LogP contribution >= 0.6 is 15.9 Å². The van der Waals surface area contributed by atoms with Gasteiger partial charge in [-0.25, -0.2) is 0 Å². The predicted molar refractivity (Wildman–Crippen MR) is 106 cm³/mol. The van der Waals surface area contributed by atoms with Crippen LogP contribution in [0.1, 0.15) is 25.0 Å². The minimum atomic E-state index is -4.68. The van der Waals surface area contributed by atoms with E-state index < -0.39 is 22.4 Å². The zero-order valence-corrected chi connectivity index (χ0v) is 17.0. The van der Waals surface area contributed by atoms with Gasteiger partial charge in [0.15, 0.2) is 11.5 Å². The fourth-order valence-corrected chi connectivity index (χ4v) is 2.91. The summed E-state index contributed by atoms with van der Waals surface area (Å²) >= 11 is 3.38. The van der Waals surface area contributed by atoms with Crippen LogP contribution in [-0.2, 0) is 6.18 Å². The minimum absolute atomic E-state index is 0.172. The molecule has 0 amide bonds. The molecule has 0 atom stereocenters. The van der Waals surface area contributed by atoms with Gasteiger partial charge in [-0.3, -0.25) is 15.5 Å². The molecule has 0 unspecified atom stereocenters. The summed E-state index contributed by atoms with van der Waals surface area (Å²) < 4.78 is 50.0. The lowest BCUT2D eigenvalue weighted by Crippen LogP contribution is -2.06. The van der Waals surface area contributed by atoms with E-state index in [1.54, 1.807) is 12.1 Å². The first kappa shape index (κ1) is 22.5. The smallest absolute Gasteiger partial charge is 0.416 e. The summed E-state index contributed by atoms with van der Waals surface area (Å²) in [6, 6.07) is 5.51. The van der Waals surface area contributed by atoms with Gasteiger partial charge < -0.3 is 9.47 Å². The number of hydrogen-bond acceptors (Lipinski definition) is 6. The summed E-state index contributed by atoms with van der Waals surface area (Å²) in [5, 5.41) is 15.0. The number of alkyl halides is 3. The Hall–Kier alpha value is -2.82. The fourth-order valence-electron chi connectivity index (χ4n) is 2.34. The lowest BCUT2D eigenvalue weighted by atomic mass is 10.1. The molecule has 11 heteroatoms. The largest absolute Gasteiger partial charge is 0.490 e. The number of halogens is 4. The van der Waals surface area contributed by atoms with Gasteiger partial charge in [-0.05, 0) is 59.6 Å². The number of nitrogens with one attached hydrogen (secondary N) is 1. The predicted octanol–water partition coefficient (Wildman–Crippen LogP) is 5.62. The molecule has 0 bridgehead atoms. The number of ether oxygens (including phenoxy) is 2. The van der Waals surface area contributed by atoms with E-state index in [0.29, 0.717) is 40.8 Å². The van der Waals surface area contributed by atoms with E-state index >= 15 is 0 Å². The van der Waals surface area contributed by atoms with Gasteiger partial charge in [-0.2, -0.15) is 18.3 Å². The number of anilines is 1. The minimum Gasteiger partial charge on any atom is -0.490 e. The number of nitrogens with zero attached hydrogens (tertiary/aromatic N) is 2. The van der Waals surface area contributed by atoms with Crippen molar-refractivity contribution in [1.29, 1.82) is 0 Å². The van der Waals surface area contributed by atoms with Gasteiger partial charge in [0.2, 0.25) is 0 Å². The Bertz CT molecular complexity index is 920. The number of rotatable bonds is 8. The van der Waals surface area contributed by atoms with E-state index in [9.17, 15) is 23.3 Å². The average Bonchev–Trinajstić information content (AvgIpc) is 2.64. The number of nitro groups is 1. The molecule has 2 aromatic carbocycles. The zero-order chi connectivity index (χ0) is 21.6. The second kappa shape index (κ2) is 9.59. The highest BCUT2D eigenvalue weighted by molar-refractivity contribution is 9.10. The van der Waals surface area contributed by atoms with E-state index in [4.69, 9.17) is 9.47 Å². The van der Waals surface area contributed by atoms with Crippen LogP contribution < -0.4 is 14.9 Å². The molecule has 0 aliphatic rings. The summed E-state index contributed by atoms with van der Waals surface area (Å²) in [6.45, 7) is 4.49. The van der Waals surface area contributed by atoms with Crippen LogP contribution in [-0.4, -0.2) is 24.4 Å². The van der Waals surface area contributed by atoms with Crippen LogP contribution in [0.25, 0.3) is 0 Å². The van der Waals surface area contributed by atoms with Crippen molar-refractivity contribution < 1.29 is 27.6 Å². The van der Waals surface area contributed by atoms with Crippen molar-refractivity contribution in [3.05, 3.63) is 56.0 Å². The van der Waals surface area contributed by atoms with Gasteiger partial charge in [0, 0.05) is 6.07 Å². The molecule has 2 rings (SSSR count). The van der Waals surface area contributed by atoms with E-state index in [1.165, 1.54) is 6.21 Å². The molecule has 0 aromatic heterocycles. The summed E-state index contributed by atoms with van der Waals surface area (Å²) in [4.78, 5) is 10.2. The summed E-state index contributed by atoms with van der Waals surface area (Å²) in [5.41, 5.74) is 0.957. The molecule has 29 heavy (non-hydrogen) atoms. The van der Waals surface area contributed by atoms with Gasteiger partial charge >= 0.3 is 6.18 Å². The molecule has 0 aliphatic heterocycles. The third-order valence-electron chi connectivity index (χ3n) is 3.54. The first-order chi connectivity index (χ1) is 13.7. The quantitative estimate of drug-likeness (QED) is 0.304. The number of hydrazone groups is 1. The van der Waals surface area contributed by atoms with Gasteiger partial charge in [0.25, 0.3) is 5.69 Å². The molecule has 0 saturated carbocycles. The first-order valence-corrected chi connectivity index (χ1v) is 9.20. The molecule has 0 spiro atoms. The zero-order valence-electron chi connectivity index (χ0n) is 15.4. The monoisotopic (exact) mass is 475 g/mol. The Labute approximate surface area is 172 Å². The van der Waals surface area contributed by atoms with Gasteiger partial charge in [-0.1, -0.05) is 0 Å². The van der Waals surface area contributed by atoms with E-state index in [2.05, 4.69) is 26.5 Å². The third kappa shape index (κ3) is 5.83. The summed E-state index contributed by atoms with van der Waals surface area (Å²) in [7, 11) is 0. The van der Waals surface area contributed by atoms with Crippen molar-refractivity contribution in [3.63, 3.8) is 0 Å². The fraction of sp³-hybridized carbons (Fsp3) is 0.278. The number of hydrogen-bond donors (Lipinski definition) is 1. The van der Waals surface area contributed by atoms with Crippen molar-refractivity contribution in [3.8, 4) is 11.5 Å². The van der Waals surface area contributed by atoms with Crippen molar-refractivity contribution in [1.82, 2.24) is 0 Å². The van der Waals surface area contributed by atoms with Crippen LogP contribution in [0.5, 0.6) is 11.5 Å². The van der Waals surface area contributed by atoms with Gasteiger partial charge in [0.05, 0.1) is 34.4 Å². The Morgan fingerprint density at radius 1 is 1.21 bits per heavy atom. The van der Waals surface area contributed by atoms with Gasteiger partial charge in [0.1, 0.15) is 5.69 Å². The maximum atomic E-state index is 12.8. The normalized spacial score (nSPS) is 11.5. The summed E-state index contributed by atoms with van der Waals surface area (Å²) in [6.07, 6.45) is -3.33. The standard InChI is InChI=1S/C18H17BrF3N3O4/c1-3-28-16-8-11(7-13(19)17(16)29-4-2)10-23-24-14-6-5-12(18(20,21)22)9-15(14)25(26)27/h5-10,24H,3-4H2,1-2H3/b23-10-. The van der Waals surface area contributed by atoms with Crippen LogP contribution in [0.15, 0.2) is 39.9 Å². The molecule has 0 radical (unpaired) electrons. The average molecular weight is 476 g/mol. The van der Waals surface area contributed by atoms with Crippen molar-refractivity contribution in [2.75, 3.05) is 18.6 Å². The first-order valence-electron chi connectivity index (χ1n) is 8.41. The SMILES string of the molecule is CCOc1cc(/C=N\Nc2ccc(C(F)(F)F)cc2[N+](=O)[O-])cc(Br)c1OCC. The molecule has 1 N–H and O–H groups in total. The number of benzene rings is 2. The number of nitro benzene ring substituents is 1. The maximum absolute atomic E-state index is 12.8. The van der Waals surface area contributed by atoms with E-state index in [1.807, 2.05) is 13.8 Å². The Balaban J connectivity index is 2.28. The molecule has 7 nitrogen and oxygen atoms in total. The van der Waals surface area contributed by atoms with Crippen LogP contribution in [0, 0.1) is 10.1 Å². The van der Waals surface area contributed by atoms with Crippen molar-refractivity contribution in [2.45, 2.75) is 20.0 Å². The van der Waals surface area contributed by atoms with Crippen LogP contribution in [0.3, 0.4) is 0 Å². The molecule has 2 aromatic rings. The topological polar surface area (TPSA) is 86.0 Å². The highest BCUT2D eigenvalue weighted by atomic mass is 79.9. The lowest BCUT2D eigenvalue weighted by molar-refractivity contribution is -0.384. The lowest BCUT2D eigenvalue weighted by Gasteiger charge is -2.13. The molecule has 0 fully saturated rings.